The third kappa shape index (κ3) is 3.28. The molecule has 3 rings (SSSR count). The normalized spacial score (nSPS) is 16.0. The molecule has 0 fully saturated rings. The molecule has 2 aromatic rings. The highest BCUT2D eigenvalue weighted by molar-refractivity contribution is 6.15. The molecule has 25 heavy (non-hydrogen) atoms. The highest BCUT2D eigenvalue weighted by Crippen LogP contribution is 2.38. The minimum atomic E-state index is -0.665. The van der Waals surface area contributed by atoms with E-state index in [1.165, 1.54) is 0 Å². The third-order valence-electron chi connectivity index (χ3n) is 4.30. The molecular formula is C20H22N2O3. The summed E-state index contributed by atoms with van der Waals surface area (Å²) < 4.78 is 4.99. The quantitative estimate of drug-likeness (QED) is 0.853. The minimum absolute atomic E-state index is 0.146. The first-order valence-electron chi connectivity index (χ1n) is 8.30. The average Bonchev–Trinajstić information content (AvgIpc) is 2.87. The van der Waals surface area contributed by atoms with Crippen LogP contribution < -0.4 is 10.2 Å². The van der Waals surface area contributed by atoms with Gasteiger partial charge in [0.05, 0.1) is 6.61 Å². The zero-order chi connectivity index (χ0) is 18.0. The van der Waals surface area contributed by atoms with E-state index in [9.17, 15) is 9.59 Å². The number of nitrogens with zero attached hydrogens (tertiary/aromatic N) is 1. The van der Waals surface area contributed by atoms with Crippen molar-refractivity contribution in [1.82, 2.24) is 5.32 Å². The molecule has 0 radical (unpaired) electrons. The number of aryl methyl sites for hydroxylation is 2. The van der Waals surface area contributed by atoms with Crippen molar-refractivity contribution in [2.24, 2.45) is 0 Å². The van der Waals surface area contributed by atoms with Crippen molar-refractivity contribution in [3.05, 3.63) is 64.7 Å². The fourth-order valence-corrected chi connectivity index (χ4v) is 3.30. The Labute approximate surface area is 147 Å². The van der Waals surface area contributed by atoms with E-state index < -0.39 is 6.04 Å². The number of anilines is 1. The average molecular weight is 338 g/mol. The fourth-order valence-electron chi connectivity index (χ4n) is 3.30. The second-order valence-electron chi connectivity index (χ2n) is 6.29. The molecule has 1 N–H and O–H groups in total. The molecule has 1 atom stereocenters. The maximum Gasteiger partial charge on any atom is 0.259 e. The number of fused-ring (bicyclic) bond motifs is 1. The standard InChI is InChI=1S/C20H22N2O3/c1-13-10-14(2)12-15(11-13)22-18(19(23)21-8-9-25-3)16-6-4-5-7-17(16)20(22)24/h4-7,10-12,18H,8-9H2,1-3H3,(H,21,23). The zero-order valence-electron chi connectivity index (χ0n) is 14.7. The highest BCUT2D eigenvalue weighted by Gasteiger charge is 2.41. The first-order chi connectivity index (χ1) is 12.0. The van der Waals surface area contributed by atoms with E-state index in [0.717, 1.165) is 22.4 Å². The predicted molar refractivity (Wildman–Crippen MR) is 96.8 cm³/mol. The topological polar surface area (TPSA) is 58.6 Å². The van der Waals surface area contributed by atoms with Crippen LogP contribution in [0.3, 0.4) is 0 Å². The number of nitrogens with one attached hydrogen (secondary N) is 1. The molecule has 1 heterocycles. The van der Waals surface area contributed by atoms with Crippen LogP contribution in [0.4, 0.5) is 5.69 Å². The first kappa shape index (κ1) is 17.2. The van der Waals surface area contributed by atoms with Gasteiger partial charge in [-0.15, -0.1) is 0 Å². The van der Waals surface area contributed by atoms with Crippen LogP contribution in [-0.2, 0) is 9.53 Å². The Hall–Kier alpha value is -2.66. The van der Waals surface area contributed by atoms with Gasteiger partial charge in [-0.25, -0.2) is 0 Å². The van der Waals surface area contributed by atoms with Gasteiger partial charge in [0.2, 0.25) is 5.91 Å². The van der Waals surface area contributed by atoms with Gasteiger partial charge < -0.3 is 10.1 Å². The molecule has 0 saturated heterocycles. The van der Waals surface area contributed by atoms with Gasteiger partial charge >= 0.3 is 0 Å². The number of carbonyl (C=O) groups excluding carboxylic acids is 2. The van der Waals surface area contributed by atoms with Gasteiger partial charge in [-0.05, 0) is 48.7 Å². The fraction of sp³-hybridized carbons (Fsp3) is 0.300. The number of carbonyl (C=O) groups is 2. The molecule has 5 nitrogen and oxygen atoms in total. The Morgan fingerprint density at radius 1 is 1.16 bits per heavy atom. The summed E-state index contributed by atoms with van der Waals surface area (Å²) in [6, 6.07) is 12.5. The molecule has 2 aromatic carbocycles. The zero-order valence-corrected chi connectivity index (χ0v) is 14.7. The minimum Gasteiger partial charge on any atom is -0.383 e. The largest absolute Gasteiger partial charge is 0.383 e. The summed E-state index contributed by atoms with van der Waals surface area (Å²) in [4.78, 5) is 27.4. The van der Waals surface area contributed by atoms with E-state index in [2.05, 4.69) is 5.32 Å². The van der Waals surface area contributed by atoms with Crippen LogP contribution in [0.1, 0.15) is 33.1 Å². The van der Waals surface area contributed by atoms with E-state index in [-0.39, 0.29) is 11.8 Å². The Bertz CT molecular complexity index is 796. The number of benzene rings is 2. The highest BCUT2D eigenvalue weighted by atomic mass is 16.5. The van der Waals surface area contributed by atoms with Crippen molar-refractivity contribution < 1.29 is 14.3 Å². The van der Waals surface area contributed by atoms with E-state index >= 15 is 0 Å². The van der Waals surface area contributed by atoms with Gasteiger partial charge in [0.15, 0.2) is 0 Å². The summed E-state index contributed by atoms with van der Waals surface area (Å²) in [7, 11) is 1.59. The Morgan fingerprint density at radius 2 is 1.84 bits per heavy atom. The second-order valence-corrected chi connectivity index (χ2v) is 6.29. The van der Waals surface area contributed by atoms with Crippen LogP contribution in [0.25, 0.3) is 0 Å². The molecule has 0 aliphatic carbocycles. The lowest BCUT2D eigenvalue weighted by Crippen LogP contribution is -2.40. The van der Waals surface area contributed by atoms with Crippen LogP contribution >= 0.6 is 0 Å². The maximum absolute atomic E-state index is 13.0. The Kier molecular flexibility index (Phi) is 4.86. The first-order valence-corrected chi connectivity index (χ1v) is 8.30. The van der Waals surface area contributed by atoms with Crippen molar-refractivity contribution in [1.29, 1.82) is 0 Å². The van der Waals surface area contributed by atoms with Crippen molar-refractivity contribution >= 4 is 17.5 Å². The number of hydrogen-bond donors (Lipinski definition) is 1. The summed E-state index contributed by atoms with van der Waals surface area (Å²) in [5.41, 5.74) is 4.16. The molecule has 1 aliphatic rings. The molecule has 0 saturated carbocycles. The van der Waals surface area contributed by atoms with Crippen LogP contribution in [-0.4, -0.2) is 32.1 Å². The summed E-state index contributed by atoms with van der Waals surface area (Å²) in [6.07, 6.45) is 0. The van der Waals surface area contributed by atoms with E-state index in [0.29, 0.717) is 18.7 Å². The summed E-state index contributed by atoms with van der Waals surface area (Å²) in [6.45, 7) is 4.80. The lowest BCUT2D eigenvalue weighted by atomic mass is 10.0. The van der Waals surface area contributed by atoms with Gasteiger partial charge in [0.1, 0.15) is 6.04 Å². The van der Waals surface area contributed by atoms with Gasteiger partial charge in [0.25, 0.3) is 5.91 Å². The number of ether oxygens (including phenoxy) is 1. The molecule has 0 spiro atoms. The Balaban J connectivity index is 2.03. The third-order valence-corrected chi connectivity index (χ3v) is 4.30. The molecule has 2 amide bonds. The van der Waals surface area contributed by atoms with E-state index in [1.54, 1.807) is 18.1 Å². The van der Waals surface area contributed by atoms with Crippen molar-refractivity contribution in [2.45, 2.75) is 19.9 Å². The Morgan fingerprint density at radius 3 is 2.52 bits per heavy atom. The molecular weight excluding hydrogens is 316 g/mol. The van der Waals surface area contributed by atoms with Gasteiger partial charge in [-0.1, -0.05) is 24.3 Å². The second kappa shape index (κ2) is 7.07. The lowest BCUT2D eigenvalue weighted by Gasteiger charge is -2.25. The molecule has 5 heteroatoms. The van der Waals surface area contributed by atoms with Gasteiger partial charge in [-0.3, -0.25) is 14.5 Å². The van der Waals surface area contributed by atoms with Crippen molar-refractivity contribution in [3.63, 3.8) is 0 Å². The summed E-state index contributed by atoms with van der Waals surface area (Å²) >= 11 is 0. The SMILES string of the molecule is COCCNC(=O)C1c2ccccc2C(=O)N1c1cc(C)cc(C)c1. The van der Waals surface area contributed by atoms with Gasteiger partial charge in [-0.2, -0.15) is 0 Å². The smallest absolute Gasteiger partial charge is 0.259 e. The van der Waals surface area contributed by atoms with E-state index in [1.807, 2.05) is 50.2 Å². The van der Waals surface area contributed by atoms with Crippen molar-refractivity contribution in [2.75, 3.05) is 25.2 Å². The van der Waals surface area contributed by atoms with Gasteiger partial charge in [0, 0.05) is 24.9 Å². The van der Waals surface area contributed by atoms with Crippen LogP contribution in [0.15, 0.2) is 42.5 Å². The maximum atomic E-state index is 13.0. The lowest BCUT2D eigenvalue weighted by molar-refractivity contribution is -0.122. The van der Waals surface area contributed by atoms with Crippen LogP contribution in [0.2, 0.25) is 0 Å². The number of hydrogen-bond acceptors (Lipinski definition) is 3. The summed E-state index contributed by atoms with van der Waals surface area (Å²) in [5, 5.41) is 2.86. The van der Waals surface area contributed by atoms with E-state index in [4.69, 9.17) is 4.74 Å². The molecule has 0 aromatic heterocycles. The molecule has 1 unspecified atom stereocenters. The molecule has 130 valence electrons. The van der Waals surface area contributed by atoms with Crippen LogP contribution in [0, 0.1) is 13.8 Å². The van der Waals surface area contributed by atoms with Crippen LogP contribution in [0.5, 0.6) is 0 Å². The summed E-state index contributed by atoms with van der Waals surface area (Å²) in [5.74, 6) is -0.345. The number of rotatable bonds is 5. The molecule has 0 bridgehead atoms. The monoisotopic (exact) mass is 338 g/mol. The van der Waals surface area contributed by atoms with Crippen molar-refractivity contribution in [3.8, 4) is 0 Å². The number of methoxy groups -OCH3 is 1. The number of amides is 2. The molecule has 1 aliphatic heterocycles. The predicted octanol–water partition coefficient (Wildman–Crippen LogP) is 2.77.